The van der Waals surface area contributed by atoms with E-state index in [4.69, 9.17) is 0 Å². The van der Waals surface area contributed by atoms with Crippen molar-refractivity contribution in [2.45, 2.75) is 0 Å². The molecule has 2 aromatic rings. The fraction of sp³-hybridized carbons (Fsp3) is 0. The third-order valence-electron chi connectivity index (χ3n) is 2.09. The Morgan fingerprint density at radius 3 is 2.07 bits per heavy atom. The zero-order valence-corrected chi connectivity index (χ0v) is 12.4. The molecule has 0 saturated heterocycles. The van der Waals surface area contributed by atoms with Crippen LogP contribution in [-0.2, 0) is 0 Å². The minimum Gasteiger partial charge on any atom is -0.0616 e. The lowest BCUT2D eigenvalue weighted by atomic mass is 10.1. The Bertz CT molecular complexity index is 492. The Morgan fingerprint density at radius 1 is 0.667 bits per heavy atom. The van der Waals surface area contributed by atoms with Crippen LogP contribution in [0.25, 0.3) is 11.1 Å². The van der Waals surface area contributed by atoms with Gasteiger partial charge in [-0.05, 0) is 35.4 Å². The summed E-state index contributed by atoms with van der Waals surface area (Å²) in [6.07, 6.45) is 0. The van der Waals surface area contributed by atoms with Crippen LogP contribution >= 0.6 is 47.8 Å². The van der Waals surface area contributed by atoms with Gasteiger partial charge in [0.15, 0.2) is 0 Å². The van der Waals surface area contributed by atoms with Crippen LogP contribution in [0.15, 0.2) is 55.9 Å². The summed E-state index contributed by atoms with van der Waals surface area (Å²) in [5, 5.41) is 0. The Hall–Kier alpha value is -0.120. The highest BCUT2D eigenvalue weighted by Crippen LogP contribution is 2.35. The largest absolute Gasteiger partial charge is 0.0616 e. The maximum atomic E-state index is 3.56. The molecule has 0 nitrogen and oxygen atoms in total. The van der Waals surface area contributed by atoms with Gasteiger partial charge in [-0.2, -0.15) is 0 Å². The lowest BCUT2D eigenvalue weighted by Crippen LogP contribution is -1.81. The molecule has 0 bridgehead atoms. The Kier molecular flexibility index (Phi) is 3.65. The van der Waals surface area contributed by atoms with Gasteiger partial charge in [-0.25, -0.2) is 0 Å². The average Bonchev–Trinajstić information content (AvgIpc) is 2.23. The summed E-state index contributed by atoms with van der Waals surface area (Å²) in [6.45, 7) is 0. The summed E-state index contributed by atoms with van der Waals surface area (Å²) < 4.78 is 3.28. The van der Waals surface area contributed by atoms with Gasteiger partial charge in [-0.15, -0.1) is 0 Å². The topological polar surface area (TPSA) is 0 Å². The highest BCUT2D eigenvalue weighted by Gasteiger charge is 2.06. The van der Waals surface area contributed by atoms with Gasteiger partial charge in [0.05, 0.1) is 0 Å². The fourth-order valence-electron chi connectivity index (χ4n) is 1.38. The zero-order chi connectivity index (χ0) is 10.8. The predicted molar refractivity (Wildman–Crippen MR) is 75.0 cm³/mol. The monoisotopic (exact) mass is 388 g/mol. The quantitative estimate of drug-likeness (QED) is 0.591. The second-order valence-electron chi connectivity index (χ2n) is 3.10. The summed E-state index contributed by atoms with van der Waals surface area (Å²) in [5.41, 5.74) is 2.36. The molecule has 2 rings (SSSR count). The number of hydrogen-bond acceptors (Lipinski definition) is 0. The second-order valence-corrected chi connectivity index (χ2v) is 5.73. The van der Waals surface area contributed by atoms with E-state index in [-0.39, 0.29) is 0 Å². The van der Waals surface area contributed by atoms with Crippen molar-refractivity contribution < 1.29 is 0 Å². The van der Waals surface area contributed by atoms with Gasteiger partial charge in [0.25, 0.3) is 0 Å². The van der Waals surface area contributed by atoms with Gasteiger partial charge in [-0.1, -0.05) is 66.0 Å². The van der Waals surface area contributed by atoms with E-state index in [2.05, 4.69) is 59.9 Å². The summed E-state index contributed by atoms with van der Waals surface area (Å²) in [6, 6.07) is 14.3. The molecule has 0 spiro atoms. The van der Waals surface area contributed by atoms with Crippen molar-refractivity contribution in [2.24, 2.45) is 0 Å². The number of hydrogen-bond donors (Lipinski definition) is 0. The number of benzene rings is 2. The fourth-order valence-corrected chi connectivity index (χ4v) is 2.70. The first kappa shape index (κ1) is 11.4. The van der Waals surface area contributed by atoms with E-state index >= 15 is 0 Å². The molecule has 76 valence electrons. The third-order valence-corrected chi connectivity index (χ3v) is 3.97. The van der Waals surface area contributed by atoms with Gasteiger partial charge in [0.1, 0.15) is 0 Å². The molecule has 0 aliphatic rings. The smallest absolute Gasteiger partial charge is 0.0254 e. The standard InChI is InChI=1S/C12H7Br3/c13-8-5-6-12(15)10(7-8)9-3-1-2-4-11(9)14/h1-7H. The van der Waals surface area contributed by atoms with E-state index < -0.39 is 0 Å². The van der Waals surface area contributed by atoms with Crippen LogP contribution in [0.4, 0.5) is 0 Å². The Labute approximate surface area is 114 Å². The molecule has 0 N–H and O–H groups in total. The van der Waals surface area contributed by atoms with Crippen molar-refractivity contribution in [1.29, 1.82) is 0 Å². The van der Waals surface area contributed by atoms with Crippen LogP contribution in [0.2, 0.25) is 0 Å². The summed E-state index contributed by atoms with van der Waals surface area (Å²) in [7, 11) is 0. The SMILES string of the molecule is Brc1ccc(Br)c(-c2ccccc2Br)c1. The van der Waals surface area contributed by atoms with E-state index in [1.807, 2.05) is 30.3 Å². The lowest BCUT2D eigenvalue weighted by Gasteiger charge is -2.07. The van der Waals surface area contributed by atoms with Crippen LogP contribution in [-0.4, -0.2) is 0 Å². The van der Waals surface area contributed by atoms with Crippen molar-refractivity contribution in [3.8, 4) is 11.1 Å². The molecule has 3 heteroatoms. The zero-order valence-electron chi connectivity index (χ0n) is 7.68. The van der Waals surface area contributed by atoms with Crippen molar-refractivity contribution in [2.75, 3.05) is 0 Å². The van der Waals surface area contributed by atoms with Crippen molar-refractivity contribution >= 4 is 47.8 Å². The summed E-state index contributed by atoms with van der Waals surface area (Å²) in [5.74, 6) is 0. The molecule has 0 heterocycles. The maximum Gasteiger partial charge on any atom is 0.0254 e. The van der Waals surface area contributed by atoms with Crippen molar-refractivity contribution in [3.05, 3.63) is 55.9 Å². The molecule has 0 aliphatic heterocycles. The van der Waals surface area contributed by atoms with Crippen LogP contribution in [0.3, 0.4) is 0 Å². The Balaban J connectivity index is 2.64. The van der Waals surface area contributed by atoms with Gasteiger partial charge >= 0.3 is 0 Å². The molecule has 15 heavy (non-hydrogen) atoms. The predicted octanol–water partition coefficient (Wildman–Crippen LogP) is 5.64. The van der Waals surface area contributed by atoms with Crippen LogP contribution in [0.1, 0.15) is 0 Å². The van der Waals surface area contributed by atoms with Gasteiger partial charge < -0.3 is 0 Å². The van der Waals surface area contributed by atoms with E-state index in [9.17, 15) is 0 Å². The molecular formula is C12H7Br3. The van der Waals surface area contributed by atoms with E-state index in [1.54, 1.807) is 0 Å². The van der Waals surface area contributed by atoms with Crippen LogP contribution in [0.5, 0.6) is 0 Å². The molecule has 0 aliphatic carbocycles. The van der Waals surface area contributed by atoms with Gasteiger partial charge in [0, 0.05) is 13.4 Å². The molecule has 0 fully saturated rings. The van der Waals surface area contributed by atoms with Crippen LogP contribution in [0, 0.1) is 0 Å². The molecule has 0 aromatic heterocycles. The normalized spacial score (nSPS) is 10.3. The minimum atomic E-state index is 1.08. The highest BCUT2D eigenvalue weighted by atomic mass is 79.9. The minimum absolute atomic E-state index is 1.08. The Morgan fingerprint density at radius 2 is 1.33 bits per heavy atom. The molecule has 0 atom stereocenters. The first-order valence-electron chi connectivity index (χ1n) is 4.38. The number of halogens is 3. The van der Waals surface area contributed by atoms with E-state index in [0.29, 0.717) is 0 Å². The molecular weight excluding hydrogens is 384 g/mol. The highest BCUT2D eigenvalue weighted by molar-refractivity contribution is 9.11. The molecule has 2 aromatic carbocycles. The summed E-state index contributed by atoms with van der Waals surface area (Å²) in [4.78, 5) is 0. The summed E-state index contributed by atoms with van der Waals surface area (Å²) >= 11 is 10.6. The van der Waals surface area contributed by atoms with Crippen molar-refractivity contribution in [1.82, 2.24) is 0 Å². The van der Waals surface area contributed by atoms with Crippen LogP contribution < -0.4 is 0 Å². The van der Waals surface area contributed by atoms with Crippen molar-refractivity contribution in [3.63, 3.8) is 0 Å². The molecule has 0 amide bonds. The second kappa shape index (κ2) is 4.81. The third kappa shape index (κ3) is 2.52. The molecule has 0 saturated carbocycles. The molecule has 0 radical (unpaired) electrons. The van der Waals surface area contributed by atoms with E-state index in [0.717, 1.165) is 13.4 Å². The van der Waals surface area contributed by atoms with Gasteiger partial charge in [-0.3, -0.25) is 0 Å². The first-order chi connectivity index (χ1) is 7.18. The number of rotatable bonds is 1. The average molecular weight is 391 g/mol. The maximum absolute atomic E-state index is 3.56. The lowest BCUT2D eigenvalue weighted by molar-refractivity contribution is 1.54. The molecule has 0 unspecified atom stereocenters. The first-order valence-corrected chi connectivity index (χ1v) is 6.76. The van der Waals surface area contributed by atoms with E-state index in [1.165, 1.54) is 11.1 Å². The van der Waals surface area contributed by atoms with Gasteiger partial charge in [0.2, 0.25) is 0 Å².